The second-order valence-corrected chi connectivity index (χ2v) is 8.66. The maximum absolute atomic E-state index is 12.8. The number of aryl methyl sites for hydroxylation is 2. The van der Waals surface area contributed by atoms with Crippen molar-refractivity contribution in [3.63, 3.8) is 0 Å². The maximum Gasteiger partial charge on any atom is 0.326 e. The summed E-state index contributed by atoms with van der Waals surface area (Å²) in [6, 6.07) is 18.9. The van der Waals surface area contributed by atoms with Crippen molar-refractivity contribution >= 4 is 35.2 Å². The van der Waals surface area contributed by atoms with Gasteiger partial charge in [0.2, 0.25) is 5.96 Å². The van der Waals surface area contributed by atoms with Crippen molar-refractivity contribution in [1.29, 1.82) is 0 Å². The third-order valence-electron chi connectivity index (χ3n) is 5.41. The monoisotopic (exact) mass is 477 g/mol. The van der Waals surface area contributed by atoms with Gasteiger partial charge >= 0.3 is 6.03 Å². The van der Waals surface area contributed by atoms with Crippen LogP contribution in [0, 0.1) is 13.8 Å². The van der Waals surface area contributed by atoms with Crippen LogP contribution in [0.2, 0.25) is 5.02 Å². The van der Waals surface area contributed by atoms with Gasteiger partial charge in [-0.1, -0.05) is 48.0 Å². The molecule has 1 fully saturated rings. The molecule has 8 nitrogen and oxygen atoms in total. The van der Waals surface area contributed by atoms with E-state index in [0.717, 1.165) is 31.0 Å². The van der Waals surface area contributed by atoms with E-state index in [0.29, 0.717) is 35.7 Å². The van der Waals surface area contributed by atoms with E-state index < -0.39 is 6.03 Å². The van der Waals surface area contributed by atoms with Crippen molar-refractivity contribution in [2.24, 2.45) is 4.99 Å². The van der Waals surface area contributed by atoms with E-state index in [2.05, 4.69) is 59.7 Å². The van der Waals surface area contributed by atoms with Gasteiger partial charge in [0, 0.05) is 54.8 Å². The summed E-state index contributed by atoms with van der Waals surface area (Å²) >= 11 is 6.04. The number of nitrogens with one attached hydrogen (secondary N) is 2. The van der Waals surface area contributed by atoms with Crippen molar-refractivity contribution in [2.75, 3.05) is 31.5 Å². The van der Waals surface area contributed by atoms with Crippen LogP contribution in [-0.4, -0.2) is 57.9 Å². The minimum atomic E-state index is -0.405. The number of piperazine rings is 1. The van der Waals surface area contributed by atoms with Gasteiger partial charge in [-0.15, -0.1) is 0 Å². The van der Waals surface area contributed by atoms with Crippen LogP contribution in [0.3, 0.4) is 0 Å². The Morgan fingerprint density at radius 1 is 0.971 bits per heavy atom. The van der Waals surface area contributed by atoms with Gasteiger partial charge in [-0.05, 0) is 43.7 Å². The zero-order valence-corrected chi connectivity index (χ0v) is 20.1. The lowest BCUT2D eigenvalue weighted by atomic mass is 10.2. The van der Waals surface area contributed by atoms with Crippen LogP contribution in [0.4, 0.5) is 16.4 Å². The summed E-state index contributed by atoms with van der Waals surface area (Å²) in [5, 5.41) is 6.25. The second kappa shape index (κ2) is 11.1. The number of carbonyl (C=O) groups excluding carboxylic acids is 1. The molecule has 2 N–H and O–H groups in total. The lowest BCUT2D eigenvalue weighted by Gasteiger charge is -2.36. The molecule has 2 heterocycles. The van der Waals surface area contributed by atoms with Gasteiger partial charge in [0.1, 0.15) is 0 Å². The van der Waals surface area contributed by atoms with Gasteiger partial charge in [-0.3, -0.25) is 10.2 Å². The molecule has 0 spiro atoms. The van der Waals surface area contributed by atoms with E-state index in [1.54, 1.807) is 24.3 Å². The summed E-state index contributed by atoms with van der Waals surface area (Å²) in [6.07, 6.45) is 0. The molecule has 1 aliphatic rings. The van der Waals surface area contributed by atoms with Crippen molar-refractivity contribution in [3.8, 4) is 0 Å². The van der Waals surface area contributed by atoms with Crippen molar-refractivity contribution < 1.29 is 4.79 Å². The zero-order valence-electron chi connectivity index (χ0n) is 19.3. The molecule has 1 saturated heterocycles. The highest BCUT2D eigenvalue weighted by atomic mass is 35.5. The van der Waals surface area contributed by atoms with Crippen molar-refractivity contribution in [2.45, 2.75) is 20.4 Å². The Balaban J connectivity index is 1.48. The van der Waals surface area contributed by atoms with Crippen molar-refractivity contribution in [3.05, 3.63) is 82.6 Å². The van der Waals surface area contributed by atoms with Crippen LogP contribution in [0.5, 0.6) is 0 Å². The number of anilines is 1. The number of benzene rings is 2. The zero-order chi connectivity index (χ0) is 23.9. The molecule has 0 saturated carbocycles. The predicted octanol–water partition coefficient (Wildman–Crippen LogP) is 4.37. The highest BCUT2D eigenvalue weighted by molar-refractivity contribution is 6.30. The standard InChI is InChI=1S/C25H28ClN7O/c1-18-15-19(2)28-23(27-18)30-24(31-25(34)29-22-10-6-9-21(26)16-22)33-13-11-32(12-14-33)17-20-7-4-3-5-8-20/h3-10,15-16H,11-14,17H2,1-2H3,(H2,27,28,29,30,31,34). The van der Waals surface area contributed by atoms with Gasteiger partial charge in [-0.25, -0.2) is 14.8 Å². The van der Waals surface area contributed by atoms with Crippen LogP contribution in [0.1, 0.15) is 17.0 Å². The van der Waals surface area contributed by atoms with Gasteiger partial charge in [-0.2, -0.15) is 4.99 Å². The van der Waals surface area contributed by atoms with Crippen LogP contribution in [-0.2, 0) is 6.54 Å². The Kier molecular flexibility index (Phi) is 7.72. The van der Waals surface area contributed by atoms with Crippen LogP contribution >= 0.6 is 11.6 Å². The number of halogens is 1. The van der Waals surface area contributed by atoms with Gasteiger partial charge < -0.3 is 10.2 Å². The molecule has 9 heteroatoms. The summed E-state index contributed by atoms with van der Waals surface area (Å²) in [5.74, 6) is 0.742. The number of rotatable bonds is 4. The number of hydrogen-bond donors (Lipinski definition) is 2. The number of hydrogen-bond acceptors (Lipinski definition) is 5. The Labute approximate surface area is 204 Å². The molecule has 0 radical (unpaired) electrons. The minimum Gasteiger partial charge on any atom is -0.340 e. The molecule has 0 aliphatic carbocycles. The second-order valence-electron chi connectivity index (χ2n) is 8.22. The Morgan fingerprint density at radius 3 is 2.35 bits per heavy atom. The smallest absolute Gasteiger partial charge is 0.326 e. The quantitative estimate of drug-likeness (QED) is 0.430. The largest absolute Gasteiger partial charge is 0.340 e. The first-order valence-corrected chi connectivity index (χ1v) is 11.6. The lowest BCUT2D eigenvalue weighted by Crippen LogP contribution is -2.53. The highest BCUT2D eigenvalue weighted by Gasteiger charge is 2.22. The third kappa shape index (κ3) is 6.76. The molecule has 1 aromatic heterocycles. The number of guanidine groups is 1. The molecule has 3 aromatic rings. The fraction of sp³-hybridized carbons (Fsp3) is 0.280. The number of aromatic nitrogens is 2. The predicted molar refractivity (Wildman–Crippen MR) is 135 cm³/mol. The number of carbonyl (C=O) groups is 1. The first-order chi connectivity index (χ1) is 16.4. The van der Waals surface area contributed by atoms with Crippen LogP contribution < -0.4 is 10.6 Å². The van der Waals surface area contributed by atoms with E-state index in [-0.39, 0.29) is 0 Å². The molecule has 34 heavy (non-hydrogen) atoms. The Hall–Kier alpha value is -3.49. The summed E-state index contributed by atoms with van der Waals surface area (Å²) < 4.78 is 0. The number of amides is 2. The minimum absolute atomic E-state index is 0.322. The van der Waals surface area contributed by atoms with Gasteiger partial charge in [0.15, 0.2) is 0 Å². The third-order valence-corrected chi connectivity index (χ3v) is 5.64. The van der Waals surface area contributed by atoms with E-state index in [1.165, 1.54) is 5.56 Å². The topological polar surface area (TPSA) is 85.7 Å². The lowest BCUT2D eigenvalue weighted by molar-refractivity contribution is 0.173. The number of nitrogens with zero attached hydrogens (tertiary/aromatic N) is 5. The van der Waals surface area contributed by atoms with Gasteiger partial charge in [0.05, 0.1) is 0 Å². The van der Waals surface area contributed by atoms with E-state index in [4.69, 9.17) is 11.6 Å². The fourth-order valence-corrected chi connectivity index (χ4v) is 4.01. The SMILES string of the molecule is Cc1cc(C)nc(/N=C(/NC(=O)Nc2cccc(Cl)c2)N2CCN(Cc3ccccc3)CC2)n1. The molecule has 0 atom stereocenters. The normalized spacial score (nSPS) is 14.7. The summed E-state index contributed by atoms with van der Waals surface area (Å²) in [7, 11) is 0. The summed E-state index contributed by atoms with van der Waals surface area (Å²) in [4.78, 5) is 30.7. The summed E-state index contributed by atoms with van der Waals surface area (Å²) in [5.41, 5.74) is 3.52. The average molecular weight is 478 g/mol. The first kappa shape index (κ1) is 23.7. The van der Waals surface area contributed by atoms with Gasteiger partial charge in [0.25, 0.3) is 5.95 Å². The van der Waals surface area contributed by atoms with Crippen LogP contribution in [0.25, 0.3) is 0 Å². The van der Waals surface area contributed by atoms with Crippen molar-refractivity contribution in [1.82, 2.24) is 25.1 Å². The Morgan fingerprint density at radius 2 is 1.68 bits per heavy atom. The number of aliphatic imine (C=N–C) groups is 1. The van der Waals surface area contributed by atoms with E-state index >= 15 is 0 Å². The molecule has 176 valence electrons. The van der Waals surface area contributed by atoms with E-state index in [9.17, 15) is 4.79 Å². The van der Waals surface area contributed by atoms with Crippen LogP contribution in [0.15, 0.2) is 65.7 Å². The molecule has 0 unspecified atom stereocenters. The molecule has 4 rings (SSSR count). The maximum atomic E-state index is 12.8. The molecule has 2 amide bonds. The fourth-order valence-electron chi connectivity index (χ4n) is 3.82. The molecule has 0 bridgehead atoms. The van der Waals surface area contributed by atoms with E-state index in [1.807, 2.05) is 26.0 Å². The molecule has 1 aliphatic heterocycles. The first-order valence-electron chi connectivity index (χ1n) is 11.2. The molecule has 2 aromatic carbocycles. The highest BCUT2D eigenvalue weighted by Crippen LogP contribution is 2.15. The summed E-state index contributed by atoms with van der Waals surface area (Å²) in [6.45, 7) is 7.81. The Bertz CT molecular complexity index is 1140. The molecular weight excluding hydrogens is 450 g/mol. The molecular formula is C25H28ClN7O. The number of urea groups is 1. The average Bonchev–Trinajstić information content (AvgIpc) is 2.79.